The second kappa shape index (κ2) is 6.58. The number of carbonyl (C=O) groups is 1. The van der Waals surface area contributed by atoms with Crippen molar-refractivity contribution in [3.05, 3.63) is 34.0 Å². The highest BCUT2D eigenvalue weighted by Gasteiger charge is 2.30. The van der Waals surface area contributed by atoms with E-state index in [-0.39, 0.29) is 18.0 Å². The van der Waals surface area contributed by atoms with Crippen molar-refractivity contribution in [2.75, 3.05) is 0 Å². The molecule has 2 aromatic rings. The average molecular weight is 319 g/mol. The van der Waals surface area contributed by atoms with Gasteiger partial charge in [-0.25, -0.2) is 4.98 Å². The molecule has 7 heteroatoms. The minimum absolute atomic E-state index is 0.0266. The second-order valence-electron chi connectivity index (χ2n) is 5.56. The molecule has 1 saturated heterocycles. The van der Waals surface area contributed by atoms with Crippen LogP contribution in [0.15, 0.2) is 17.8 Å². The van der Waals surface area contributed by atoms with Crippen molar-refractivity contribution in [3.63, 3.8) is 0 Å². The van der Waals surface area contributed by atoms with Crippen molar-refractivity contribution in [3.8, 4) is 0 Å². The molecular formula is C15H21N5OS. The molecule has 0 unspecified atom stereocenters. The predicted molar refractivity (Wildman–Crippen MR) is 85.5 cm³/mol. The van der Waals surface area contributed by atoms with E-state index >= 15 is 0 Å². The molecule has 0 aliphatic carbocycles. The van der Waals surface area contributed by atoms with E-state index in [1.807, 2.05) is 24.0 Å². The SMILES string of the molecule is CCn1cc([C@@H]2NC(=O)CC[C@H]2NCc2csc(C)n2)cn1. The van der Waals surface area contributed by atoms with Crippen molar-refractivity contribution in [1.29, 1.82) is 0 Å². The maximum Gasteiger partial charge on any atom is 0.220 e. The fourth-order valence-electron chi connectivity index (χ4n) is 2.77. The Morgan fingerprint density at radius 2 is 2.41 bits per heavy atom. The van der Waals surface area contributed by atoms with Crippen molar-refractivity contribution in [1.82, 2.24) is 25.4 Å². The number of thiazole rings is 1. The molecule has 2 aromatic heterocycles. The summed E-state index contributed by atoms with van der Waals surface area (Å²) in [6, 6.07) is 0.176. The number of piperidine rings is 1. The number of amides is 1. The maximum atomic E-state index is 11.8. The zero-order chi connectivity index (χ0) is 15.5. The zero-order valence-corrected chi connectivity index (χ0v) is 13.7. The Kier molecular flexibility index (Phi) is 4.54. The lowest BCUT2D eigenvalue weighted by Crippen LogP contribution is -2.48. The molecule has 1 aliphatic rings. The predicted octanol–water partition coefficient (Wildman–Crippen LogP) is 1.78. The van der Waals surface area contributed by atoms with Crippen LogP contribution in [0.1, 0.15) is 42.1 Å². The molecule has 2 N–H and O–H groups in total. The molecule has 0 aromatic carbocycles. The van der Waals surface area contributed by atoms with E-state index < -0.39 is 0 Å². The molecule has 3 rings (SSSR count). The van der Waals surface area contributed by atoms with E-state index in [1.165, 1.54) is 0 Å². The standard InChI is InChI=1S/C15H21N5OS/c1-3-20-8-11(6-17-20)15-13(4-5-14(21)19-15)16-7-12-9-22-10(2)18-12/h6,8-9,13,15-16H,3-5,7H2,1-2H3,(H,19,21)/t13-,15+/m1/s1. The van der Waals surface area contributed by atoms with Gasteiger partial charge in [0.1, 0.15) is 0 Å². The normalized spacial score (nSPS) is 21.8. The van der Waals surface area contributed by atoms with Crippen LogP contribution in [-0.2, 0) is 17.9 Å². The van der Waals surface area contributed by atoms with E-state index in [1.54, 1.807) is 11.3 Å². The van der Waals surface area contributed by atoms with Crippen molar-refractivity contribution >= 4 is 17.2 Å². The van der Waals surface area contributed by atoms with Crippen LogP contribution in [0.2, 0.25) is 0 Å². The lowest BCUT2D eigenvalue weighted by molar-refractivity contribution is -0.123. The van der Waals surface area contributed by atoms with Gasteiger partial charge in [0.15, 0.2) is 0 Å². The van der Waals surface area contributed by atoms with Crippen LogP contribution in [0.3, 0.4) is 0 Å². The number of aryl methyl sites for hydroxylation is 2. The summed E-state index contributed by atoms with van der Waals surface area (Å²) in [5.74, 6) is 0.108. The molecule has 22 heavy (non-hydrogen) atoms. The Hall–Kier alpha value is -1.73. The number of carbonyl (C=O) groups excluding carboxylic acids is 1. The van der Waals surface area contributed by atoms with E-state index in [0.717, 1.165) is 35.8 Å². The van der Waals surface area contributed by atoms with Gasteiger partial charge >= 0.3 is 0 Å². The Morgan fingerprint density at radius 3 is 3.09 bits per heavy atom. The zero-order valence-electron chi connectivity index (χ0n) is 12.9. The molecule has 1 aliphatic heterocycles. The summed E-state index contributed by atoms with van der Waals surface area (Å²) in [6.45, 7) is 5.62. The second-order valence-corrected chi connectivity index (χ2v) is 6.62. The molecule has 118 valence electrons. The minimum atomic E-state index is -0.0266. The molecule has 2 atom stereocenters. The third kappa shape index (κ3) is 3.36. The van der Waals surface area contributed by atoms with Crippen LogP contribution >= 0.6 is 11.3 Å². The Balaban J connectivity index is 1.70. The third-order valence-electron chi connectivity index (χ3n) is 3.95. The van der Waals surface area contributed by atoms with Gasteiger partial charge in [0.25, 0.3) is 0 Å². The number of hydrogen-bond donors (Lipinski definition) is 2. The summed E-state index contributed by atoms with van der Waals surface area (Å²) in [7, 11) is 0. The van der Waals surface area contributed by atoms with Gasteiger partial charge < -0.3 is 10.6 Å². The Morgan fingerprint density at radius 1 is 1.55 bits per heavy atom. The Bertz CT molecular complexity index is 650. The first-order valence-corrected chi connectivity index (χ1v) is 8.49. The summed E-state index contributed by atoms with van der Waals surface area (Å²) in [5.41, 5.74) is 2.12. The number of hydrogen-bond acceptors (Lipinski definition) is 5. The summed E-state index contributed by atoms with van der Waals surface area (Å²) in [6.07, 6.45) is 5.25. The van der Waals surface area contributed by atoms with Crippen LogP contribution in [0.25, 0.3) is 0 Å². The monoisotopic (exact) mass is 319 g/mol. The van der Waals surface area contributed by atoms with E-state index in [0.29, 0.717) is 6.42 Å². The van der Waals surface area contributed by atoms with Gasteiger partial charge in [-0.1, -0.05) is 0 Å². The van der Waals surface area contributed by atoms with E-state index in [4.69, 9.17) is 0 Å². The highest BCUT2D eigenvalue weighted by Crippen LogP contribution is 2.24. The lowest BCUT2D eigenvalue weighted by atomic mass is 9.93. The molecule has 0 spiro atoms. The number of rotatable bonds is 5. The summed E-state index contributed by atoms with van der Waals surface area (Å²) in [4.78, 5) is 16.2. The molecule has 0 saturated carbocycles. The smallest absolute Gasteiger partial charge is 0.220 e. The van der Waals surface area contributed by atoms with Crippen LogP contribution in [0.5, 0.6) is 0 Å². The number of nitrogens with zero attached hydrogens (tertiary/aromatic N) is 3. The topological polar surface area (TPSA) is 71.8 Å². The molecular weight excluding hydrogens is 298 g/mol. The van der Waals surface area contributed by atoms with Crippen molar-refractivity contribution < 1.29 is 4.79 Å². The molecule has 1 amide bonds. The van der Waals surface area contributed by atoms with Crippen molar-refractivity contribution in [2.45, 2.75) is 51.9 Å². The highest BCUT2D eigenvalue weighted by molar-refractivity contribution is 7.09. The third-order valence-corrected chi connectivity index (χ3v) is 4.77. The first-order valence-electron chi connectivity index (χ1n) is 7.62. The van der Waals surface area contributed by atoms with E-state index in [9.17, 15) is 4.79 Å². The van der Waals surface area contributed by atoms with Crippen LogP contribution < -0.4 is 10.6 Å². The summed E-state index contributed by atoms with van der Waals surface area (Å²) in [5, 5.41) is 14.1. The van der Waals surface area contributed by atoms with Crippen LogP contribution in [-0.4, -0.2) is 26.7 Å². The van der Waals surface area contributed by atoms with E-state index in [2.05, 4.69) is 33.0 Å². The molecule has 1 fully saturated rings. The Labute approximate surface area is 133 Å². The van der Waals surface area contributed by atoms with Gasteiger partial charge in [-0.15, -0.1) is 11.3 Å². The first-order chi connectivity index (χ1) is 10.7. The van der Waals surface area contributed by atoms with Gasteiger partial charge in [-0.05, 0) is 20.3 Å². The molecule has 3 heterocycles. The number of aromatic nitrogens is 3. The first kappa shape index (κ1) is 15.2. The molecule has 0 radical (unpaired) electrons. The summed E-state index contributed by atoms with van der Waals surface area (Å²) >= 11 is 1.66. The maximum absolute atomic E-state index is 11.8. The van der Waals surface area contributed by atoms with Crippen molar-refractivity contribution in [2.24, 2.45) is 0 Å². The highest BCUT2D eigenvalue weighted by atomic mass is 32.1. The van der Waals surface area contributed by atoms with Gasteiger partial charge in [-0.3, -0.25) is 9.48 Å². The quantitative estimate of drug-likeness (QED) is 0.881. The van der Waals surface area contributed by atoms with Gasteiger partial charge in [0, 0.05) is 42.7 Å². The average Bonchev–Trinajstić information content (AvgIpc) is 3.14. The minimum Gasteiger partial charge on any atom is -0.348 e. The lowest BCUT2D eigenvalue weighted by Gasteiger charge is -2.32. The molecule has 6 nitrogen and oxygen atoms in total. The van der Waals surface area contributed by atoms with Gasteiger partial charge in [-0.2, -0.15) is 5.10 Å². The summed E-state index contributed by atoms with van der Waals surface area (Å²) < 4.78 is 1.89. The molecule has 0 bridgehead atoms. The fourth-order valence-corrected chi connectivity index (χ4v) is 3.39. The largest absolute Gasteiger partial charge is 0.348 e. The van der Waals surface area contributed by atoms with Gasteiger partial charge in [0.2, 0.25) is 5.91 Å². The van der Waals surface area contributed by atoms with Gasteiger partial charge in [0.05, 0.1) is 22.9 Å². The van der Waals surface area contributed by atoms with Crippen LogP contribution in [0, 0.1) is 6.92 Å². The fraction of sp³-hybridized carbons (Fsp3) is 0.533. The number of nitrogens with one attached hydrogen (secondary N) is 2. The van der Waals surface area contributed by atoms with Crippen LogP contribution in [0.4, 0.5) is 0 Å².